The molecule has 4 heteroatoms. The number of nitrogens with one attached hydrogen (secondary N) is 1. The van der Waals surface area contributed by atoms with Crippen LogP contribution in [0.1, 0.15) is 6.92 Å². The van der Waals surface area contributed by atoms with Gasteiger partial charge in [0.15, 0.2) is 5.13 Å². The first kappa shape index (κ1) is 9.48. The molecule has 0 fully saturated rings. The Labute approximate surface area is 77.4 Å². The molecule has 0 saturated carbocycles. The Balaban J connectivity index is 2.45. The second-order valence-corrected chi connectivity index (χ2v) is 3.37. The van der Waals surface area contributed by atoms with Crippen LogP contribution in [0, 0.1) is 0 Å². The Bertz CT molecular complexity index is 198. The van der Waals surface area contributed by atoms with Gasteiger partial charge in [0.1, 0.15) is 0 Å². The fourth-order valence-electron chi connectivity index (χ4n) is 1.01. The second kappa shape index (κ2) is 5.11. The molecule has 0 aromatic carbocycles. The molecule has 0 unspecified atom stereocenters. The number of likely N-dealkylation sites (N-methyl/N-ethyl adjacent to an activating group) is 2. The van der Waals surface area contributed by atoms with E-state index in [4.69, 9.17) is 0 Å². The van der Waals surface area contributed by atoms with Crippen LogP contribution in [0.2, 0.25) is 0 Å². The summed E-state index contributed by atoms with van der Waals surface area (Å²) < 4.78 is 0. The van der Waals surface area contributed by atoms with Gasteiger partial charge in [-0.3, -0.25) is 0 Å². The predicted molar refractivity (Wildman–Crippen MR) is 53.9 cm³/mol. The lowest BCUT2D eigenvalue weighted by molar-refractivity contribution is 0.735. The van der Waals surface area contributed by atoms with Gasteiger partial charge >= 0.3 is 0 Å². The van der Waals surface area contributed by atoms with Crippen LogP contribution in [0.5, 0.6) is 0 Å². The van der Waals surface area contributed by atoms with E-state index in [9.17, 15) is 0 Å². The monoisotopic (exact) mass is 185 g/mol. The van der Waals surface area contributed by atoms with Crippen molar-refractivity contribution in [3.63, 3.8) is 0 Å². The molecule has 68 valence electrons. The van der Waals surface area contributed by atoms with Gasteiger partial charge in [0.05, 0.1) is 0 Å². The number of aromatic nitrogens is 1. The highest BCUT2D eigenvalue weighted by atomic mass is 32.1. The van der Waals surface area contributed by atoms with E-state index in [1.165, 1.54) is 0 Å². The Morgan fingerprint density at radius 3 is 3.00 bits per heavy atom. The van der Waals surface area contributed by atoms with Crippen LogP contribution in [0.15, 0.2) is 11.6 Å². The molecule has 1 N–H and O–H groups in total. The van der Waals surface area contributed by atoms with Crippen LogP contribution < -0.4 is 10.2 Å². The van der Waals surface area contributed by atoms with E-state index in [0.717, 1.165) is 24.8 Å². The van der Waals surface area contributed by atoms with E-state index in [0.29, 0.717) is 0 Å². The van der Waals surface area contributed by atoms with Gasteiger partial charge in [0.2, 0.25) is 0 Å². The lowest BCUT2D eigenvalue weighted by atomic mass is 10.5. The maximum Gasteiger partial charge on any atom is 0.185 e. The fraction of sp³-hybridized carbons (Fsp3) is 0.625. The molecule has 0 bridgehead atoms. The van der Waals surface area contributed by atoms with Crippen LogP contribution in [0.4, 0.5) is 5.13 Å². The summed E-state index contributed by atoms with van der Waals surface area (Å²) in [5.74, 6) is 0. The third kappa shape index (κ3) is 2.46. The van der Waals surface area contributed by atoms with Crippen molar-refractivity contribution >= 4 is 16.5 Å². The summed E-state index contributed by atoms with van der Waals surface area (Å²) >= 11 is 1.69. The molecule has 0 aliphatic heterocycles. The number of nitrogens with zero attached hydrogens (tertiary/aromatic N) is 2. The minimum Gasteiger partial charge on any atom is -0.347 e. The lowest BCUT2D eigenvalue weighted by Gasteiger charge is -2.18. The van der Waals surface area contributed by atoms with Crippen molar-refractivity contribution in [3.8, 4) is 0 Å². The summed E-state index contributed by atoms with van der Waals surface area (Å²) in [6, 6.07) is 0. The van der Waals surface area contributed by atoms with Gasteiger partial charge in [-0.2, -0.15) is 0 Å². The molecule has 0 saturated heterocycles. The highest BCUT2D eigenvalue weighted by Crippen LogP contribution is 2.15. The van der Waals surface area contributed by atoms with Crippen LogP contribution in [-0.2, 0) is 0 Å². The van der Waals surface area contributed by atoms with E-state index in [-0.39, 0.29) is 0 Å². The molecule has 0 aliphatic rings. The van der Waals surface area contributed by atoms with Crippen molar-refractivity contribution in [2.75, 3.05) is 31.6 Å². The average molecular weight is 185 g/mol. The number of anilines is 1. The van der Waals surface area contributed by atoms with E-state index in [1.54, 1.807) is 11.3 Å². The van der Waals surface area contributed by atoms with E-state index in [2.05, 4.69) is 22.1 Å². The van der Waals surface area contributed by atoms with Crippen LogP contribution in [0.3, 0.4) is 0 Å². The first-order valence-electron chi connectivity index (χ1n) is 4.17. The highest BCUT2D eigenvalue weighted by molar-refractivity contribution is 7.13. The van der Waals surface area contributed by atoms with Gasteiger partial charge in [0, 0.05) is 31.2 Å². The third-order valence-corrected chi connectivity index (χ3v) is 2.54. The molecule has 0 radical (unpaired) electrons. The molecule has 3 nitrogen and oxygen atoms in total. The molecular formula is C8H15N3S. The highest BCUT2D eigenvalue weighted by Gasteiger charge is 2.04. The zero-order valence-corrected chi connectivity index (χ0v) is 8.40. The van der Waals surface area contributed by atoms with E-state index >= 15 is 0 Å². The molecule has 1 rings (SSSR count). The summed E-state index contributed by atoms with van der Waals surface area (Å²) in [5.41, 5.74) is 0. The van der Waals surface area contributed by atoms with Crippen LogP contribution in [0.25, 0.3) is 0 Å². The number of rotatable bonds is 5. The van der Waals surface area contributed by atoms with Crippen molar-refractivity contribution in [1.29, 1.82) is 0 Å². The third-order valence-electron chi connectivity index (χ3n) is 1.70. The molecule has 0 spiro atoms. The SMILES string of the molecule is CCN(CCNC)c1nccs1. The number of thiazole rings is 1. The molecule has 12 heavy (non-hydrogen) atoms. The van der Waals surface area contributed by atoms with Crippen molar-refractivity contribution in [1.82, 2.24) is 10.3 Å². The number of hydrogen-bond acceptors (Lipinski definition) is 4. The van der Waals surface area contributed by atoms with Gasteiger partial charge in [-0.1, -0.05) is 0 Å². The van der Waals surface area contributed by atoms with Gasteiger partial charge < -0.3 is 10.2 Å². The molecule has 1 aromatic heterocycles. The Morgan fingerprint density at radius 1 is 1.67 bits per heavy atom. The summed E-state index contributed by atoms with van der Waals surface area (Å²) in [6.07, 6.45) is 1.85. The predicted octanol–water partition coefficient (Wildman–Crippen LogP) is 1.19. The average Bonchev–Trinajstić information content (AvgIpc) is 2.59. The zero-order valence-electron chi connectivity index (χ0n) is 7.58. The molecule has 0 amide bonds. The van der Waals surface area contributed by atoms with Crippen molar-refractivity contribution < 1.29 is 0 Å². The van der Waals surface area contributed by atoms with E-state index < -0.39 is 0 Å². The van der Waals surface area contributed by atoms with Gasteiger partial charge in [-0.05, 0) is 14.0 Å². The Kier molecular flexibility index (Phi) is 4.04. The van der Waals surface area contributed by atoms with Gasteiger partial charge in [-0.15, -0.1) is 11.3 Å². The van der Waals surface area contributed by atoms with Crippen molar-refractivity contribution in [3.05, 3.63) is 11.6 Å². The zero-order chi connectivity index (χ0) is 8.81. The molecule has 1 heterocycles. The van der Waals surface area contributed by atoms with Crippen molar-refractivity contribution in [2.45, 2.75) is 6.92 Å². The minimum atomic E-state index is 1.01. The lowest BCUT2D eigenvalue weighted by Crippen LogP contribution is -2.30. The standard InChI is InChI=1S/C8H15N3S/c1-3-11(6-4-9-2)8-10-5-7-12-8/h5,7,9H,3-4,6H2,1-2H3. The normalized spacial score (nSPS) is 10.2. The van der Waals surface area contributed by atoms with E-state index in [1.807, 2.05) is 18.6 Å². The number of hydrogen-bond donors (Lipinski definition) is 1. The maximum absolute atomic E-state index is 4.26. The molecule has 0 atom stereocenters. The summed E-state index contributed by atoms with van der Waals surface area (Å²) in [7, 11) is 1.97. The minimum absolute atomic E-state index is 1.01. The topological polar surface area (TPSA) is 28.2 Å². The fourth-order valence-corrected chi connectivity index (χ4v) is 1.74. The molecule has 0 aliphatic carbocycles. The van der Waals surface area contributed by atoms with Crippen molar-refractivity contribution in [2.24, 2.45) is 0 Å². The largest absolute Gasteiger partial charge is 0.347 e. The van der Waals surface area contributed by atoms with Crippen LogP contribution in [-0.4, -0.2) is 31.7 Å². The Morgan fingerprint density at radius 2 is 2.50 bits per heavy atom. The Hall–Kier alpha value is -0.610. The van der Waals surface area contributed by atoms with Gasteiger partial charge in [-0.25, -0.2) is 4.98 Å². The maximum atomic E-state index is 4.26. The molecular weight excluding hydrogens is 170 g/mol. The quantitative estimate of drug-likeness (QED) is 0.747. The van der Waals surface area contributed by atoms with Gasteiger partial charge in [0.25, 0.3) is 0 Å². The summed E-state index contributed by atoms with van der Waals surface area (Å²) in [6.45, 7) is 5.21. The first-order chi connectivity index (χ1) is 5.88. The summed E-state index contributed by atoms with van der Waals surface area (Å²) in [4.78, 5) is 6.52. The van der Waals surface area contributed by atoms with Crippen LogP contribution >= 0.6 is 11.3 Å². The smallest absolute Gasteiger partial charge is 0.185 e. The second-order valence-electron chi connectivity index (χ2n) is 2.50. The first-order valence-corrected chi connectivity index (χ1v) is 5.05. The molecule has 1 aromatic rings. The summed E-state index contributed by atoms with van der Waals surface area (Å²) in [5, 5.41) is 6.26.